The van der Waals surface area contributed by atoms with E-state index in [0.29, 0.717) is 0 Å². The molecule has 0 saturated heterocycles. The molecule has 4 nitrogen and oxygen atoms in total. The van der Waals surface area contributed by atoms with Crippen LogP contribution in [0.3, 0.4) is 0 Å². The van der Waals surface area contributed by atoms with E-state index in [1.165, 1.54) is 0 Å². The summed E-state index contributed by atoms with van der Waals surface area (Å²) >= 11 is 0. The number of nitrogens with two attached hydrogens (primary N) is 1. The highest BCUT2D eigenvalue weighted by molar-refractivity contribution is 5.81. The molecule has 0 aliphatic heterocycles. The molecule has 0 bridgehead atoms. The minimum atomic E-state index is -0.971. The van der Waals surface area contributed by atoms with Crippen LogP contribution in [0, 0.1) is 11.3 Å². The Hall–Kier alpha value is -1.06. The molecule has 0 aromatic rings. The van der Waals surface area contributed by atoms with Gasteiger partial charge in [-0.05, 0) is 5.41 Å². The van der Waals surface area contributed by atoms with Crippen molar-refractivity contribution in [1.29, 1.82) is 0 Å². The Morgan fingerprint density at radius 1 is 1.42 bits per heavy atom. The lowest BCUT2D eigenvalue weighted by molar-refractivity contribution is -0.147. The topological polar surface area (TPSA) is 80.4 Å². The van der Waals surface area contributed by atoms with Crippen molar-refractivity contribution >= 4 is 11.9 Å². The maximum Gasteiger partial charge on any atom is 0.307 e. The largest absolute Gasteiger partial charge is 0.481 e. The molecule has 0 aromatic carbocycles. The summed E-state index contributed by atoms with van der Waals surface area (Å²) in [4.78, 5) is 21.2. The van der Waals surface area contributed by atoms with E-state index in [-0.39, 0.29) is 6.42 Å². The first-order valence-corrected chi connectivity index (χ1v) is 3.76. The van der Waals surface area contributed by atoms with E-state index in [2.05, 4.69) is 0 Å². The predicted molar refractivity (Wildman–Crippen MR) is 44.4 cm³/mol. The minimum absolute atomic E-state index is 0.0984. The minimum Gasteiger partial charge on any atom is -0.481 e. The van der Waals surface area contributed by atoms with Gasteiger partial charge in [-0.2, -0.15) is 0 Å². The molecule has 0 spiro atoms. The second kappa shape index (κ2) is 3.56. The van der Waals surface area contributed by atoms with Gasteiger partial charge in [0.1, 0.15) is 0 Å². The number of hydrogen-bond acceptors (Lipinski definition) is 2. The average molecular weight is 173 g/mol. The second-order valence-corrected chi connectivity index (χ2v) is 3.93. The lowest BCUT2D eigenvalue weighted by Gasteiger charge is -2.25. The lowest BCUT2D eigenvalue weighted by atomic mass is 9.79. The Bertz CT molecular complexity index is 193. The Kier molecular flexibility index (Phi) is 3.24. The van der Waals surface area contributed by atoms with Crippen LogP contribution in [0.15, 0.2) is 0 Å². The smallest absolute Gasteiger partial charge is 0.307 e. The van der Waals surface area contributed by atoms with Gasteiger partial charge in [-0.15, -0.1) is 0 Å². The van der Waals surface area contributed by atoms with Crippen LogP contribution in [0.2, 0.25) is 0 Å². The van der Waals surface area contributed by atoms with Crippen molar-refractivity contribution in [2.75, 3.05) is 0 Å². The first kappa shape index (κ1) is 10.9. The van der Waals surface area contributed by atoms with E-state index in [9.17, 15) is 9.59 Å². The van der Waals surface area contributed by atoms with Crippen molar-refractivity contribution < 1.29 is 14.7 Å². The van der Waals surface area contributed by atoms with E-state index in [4.69, 9.17) is 10.8 Å². The molecular weight excluding hydrogens is 158 g/mol. The number of carboxylic acid groups (broad SMARTS) is 1. The summed E-state index contributed by atoms with van der Waals surface area (Å²) in [6, 6.07) is 0. The zero-order valence-corrected chi connectivity index (χ0v) is 7.63. The summed E-state index contributed by atoms with van der Waals surface area (Å²) in [5.41, 5.74) is 4.50. The predicted octanol–water partition coefficient (Wildman–Crippen LogP) is 0.609. The molecule has 0 aliphatic carbocycles. The fourth-order valence-electron chi connectivity index (χ4n) is 0.965. The second-order valence-electron chi connectivity index (χ2n) is 3.93. The number of carboxylic acids is 1. The van der Waals surface area contributed by atoms with Gasteiger partial charge >= 0.3 is 5.97 Å². The third kappa shape index (κ3) is 3.37. The monoisotopic (exact) mass is 173 g/mol. The molecule has 70 valence electrons. The summed E-state index contributed by atoms with van der Waals surface area (Å²) in [7, 11) is 0. The van der Waals surface area contributed by atoms with Crippen molar-refractivity contribution in [1.82, 2.24) is 0 Å². The van der Waals surface area contributed by atoms with E-state index in [1.807, 2.05) is 0 Å². The Balaban J connectivity index is 4.46. The fourth-order valence-corrected chi connectivity index (χ4v) is 0.965. The zero-order chi connectivity index (χ0) is 9.94. The van der Waals surface area contributed by atoms with E-state index in [0.717, 1.165) is 0 Å². The molecule has 1 amide bonds. The fraction of sp³-hybridized carbons (Fsp3) is 0.750. The molecule has 0 rings (SSSR count). The maximum absolute atomic E-state index is 10.7. The van der Waals surface area contributed by atoms with Crippen LogP contribution in [0.4, 0.5) is 0 Å². The van der Waals surface area contributed by atoms with E-state index in [1.54, 1.807) is 20.8 Å². The first-order chi connectivity index (χ1) is 5.25. The van der Waals surface area contributed by atoms with Gasteiger partial charge in [0.05, 0.1) is 5.92 Å². The summed E-state index contributed by atoms with van der Waals surface area (Å²) in [5.74, 6) is -2.24. The number of carbonyl (C=O) groups is 2. The van der Waals surface area contributed by atoms with Crippen molar-refractivity contribution in [2.24, 2.45) is 17.1 Å². The number of rotatable bonds is 3. The van der Waals surface area contributed by atoms with Crippen molar-refractivity contribution in [3.8, 4) is 0 Å². The molecule has 0 radical (unpaired) electrons. The van der Waals surface area contributed by atoms with Crippen molar-refractivity contribution in [3.05, 3.63) is 0 Å². The van der Waals surface area contributed by atoms with E-state index < -0.39 is 23.2 Å². The molecule has 0 fully saturated rings. The highest BCUT2D eigenvalue weighted by atomic mass is 16.4. The van der Waals surface area contributed by atoms with E-state index >= 15 is 0 Å². The van der Waals surface area contributed by atoms with Crippen molar-refractivity contribution in [3.63, 3.8) is 0 Å². The van der Waals surface area contributed by atoms with Gasteiger partial charge in [0.15, 0.2) is 0 Å². The number of aliphatic carboxylic acids is 1. The van der Waals surface area contributed by atoms with Gasteiger partial charge in [0.2, 0.25) is 5.91 Å². The number of primary amides is 1. The molecule has 12 heavy (non-hydrogen) atoms. The normalized spacial score (nSPS) is 13.9. The van der Waals surface area contributed by atoms with Crippen LogP contribution in [-0.2, 0) is 9.59 Å². The average Bonchev–Trinajstić information content (AvgIpc) is 1.79. The highest BCUT2D eigenvalue weighted by Gasteiger charge is 2.32. The molecule has 0 unspecified atom stereocenters. The van der Waals surface area contributed by atoms with Gasteiger partial charge in [-0.3, -0.25) is 9.59 Å². The van der Waals surface area contributed by atoms with Crippen LogP contribution in [0.25, 0.3) is 0 Å². The van der Waals surface area contributed by atoms with Crippen LogP contribution in [-0.4, -0.2) is 17.0 Å². The quantitative estimate of drug-likeness (QED) is 0.656. The van der Waals surface area contributed by atoms with Crippen LogP contribution in [0.5, 0.6) is 0 Å². The van der Waals surface area contributed by atoms with Crippen LogP contribution in [0.1, 0.15) is 27.2 Å². The molecule has 4 heteroatoms. The first-order valence-electron chi connectivity index (χ1n) is 3.76. The van der Waals surface area contributed by atoms with Crippen molar-refractivity contribution in [2.45, 2.75) is 27.2 Å². The van der Waals surface area contributed by atoms with Gasteiger partial charge in [-0.25, -0.2) is 0 Å². The van der Waals surface area contributed by atoms with Gasteiger partial charge < -0.3 is 10.8 Å². The SMILES string of the molecule is CC(C)(C)[C@@H](CC(N)=O)C(=O)O. The Morgan fingerprint density at radius 3 is 1.92 bits per heavy atom. The van der Waals surface area contributed by atoms with Gasteiger partial charge in [0, 0.05) is 6.42 Å². The van der Waals surface area contributed by atoms with Crippen LogP contribution >= 0.6 is 0 Å². The third-order valence-electron chi connectivity index (χ3n) is 1.75. The number of carbonyl (C=O) groups excluding carboxylic acids is 1. The summed E-state index contributed by atoms with van der Waals surface area (Å²) in [6.45, 7) is 5.32. The molecule has 1 atom stereocenters. The molecule has 0 saturated carbocycles. The highest BCUT2D eigenvalue weighted by Crippen LogP contribution is 2.28. The Labute approximate surface area is 71.8 Å². The molecule has 0 heterocycles. The summed E-state index contributed by atoms with van der Waals surface area (Å²) in [6.07, 6.45) is -0.0984. The Morgan fingerprint density at radius 2 is 1.83 bits per heavy atom. The molecule has 0 aromatic heterocycles. The zero-order valence-electron chi connectivity index (χ0n) is 7.63. The summed E-state index contributed by atoms with van der Waals surface area (Å²) < 4.78 is 0. The number of hydrogen-bond donors (Lipinski definition) is 2. The lowest BCUT2D eigenvalue weighted by Crippen LogP contribution is -2.32. The molecule has 0 aliphatic rings. The molecule has 3 N–H and O–H groups in total. The standard InChI is InChI=1S/C8H15NO3/c1-8(2,3)5(7(11)12)4-6(9)10/h5H,4H2,1-3H3,(H2,9,10)(H,11,12)/t5-/m0/s1. The summed E-state index contributed by atoms with van der Waals surface area (Å²) in [5, 5.41) is 8.75. The van der Waals surface area contributed by atoms with Crippen LogP contribution < -0.4 is 5.73 Å². The molecular formula is C8H15NO3. The maximum atomic E-state index is 10.7. The van der Waals surface area contributed by atoms with Gasteiger partial charge in [-0.1, -0.05) is 20.8 Å². The van der Waals surface area contributed by atoms with Gasteiger partial charge in [0.25, 0.3) is 0 Å². The third-order valence-corrected chi connectivity index (χ3v) is 1.75. The number of amides is 1.